The number of cyclic esters (lactones) is 1. The monoisotopic (exact) mass is 314 g/mol. The van der Waals surface area contributed by atoms with E-state index in [-0.39, 0.29) is 18.4 Å². The van der Waals surface area contributed by atoms with Gasteiger partial charge in [0.1, 0.15) is 0 Å². The van der Waals surface area contributed by atoms with Gasteiger partial charge in [-0.25, -0.2) is 14.8 Å². The highest BCUT2D eigenvalue weighted by molar-refractivity contribution is 7.09. The van der Waals surface area contributed by atoms with Crippen molar-refractivity contribution >= 4 is 29.3 Å². The van der Waals surface area contributed by atoms with Crippen LogP contribution in [0.1, 0.15) is 16.3 Å². The van der Waals surface area contributed by atoms with Crippen LogP contribution in [0.2, 0.25) is 0 Å². The summed E-state index contributed by atoms with van der Waals surface area (Å²) in [4.78, 5) is 20.4. The molecule has 2 aliphatic rings. The molecule has 7 heteroatoms. The van der Waals surface area contributed by atoms with Gasteiger partial charge in [-0.3, -0.25) is 0 Å². The Bertz CT molecular complexity index is 838. The molecule has 0 spiro atoms. The van der Waals surface area contributed by atoms with Crippen LogP contribution in [0, 0.1) is 6.92 Å². The number of aryl methyl sites for hydroxylation is 1. The standard InChI is InChI=1S/C15H10N2O4S/c1-8-16-10(6-22-8)5-11-15(18)21-14(17-11)9-2-3-12-13(4-9)20-7-19-12/h2-6H,7H2,1H3/b11-5-. The molecule has 1 aromatic heterocycles. The van der Waals surface area contributed by atoms with E-state index in [1.54, 1.807) is 24.3 Å². The molecule has 1 aromatic carbocycles. The molecule has 0 amide bonds. The van der Waals surface area contributed by atoms with Crippen molar-refractivity contribution in [3.05, 3.63) is 45.5 Å². The molecule has 4 rings (SSSR count). The van der Waals surface area contributed by atoms with Crippen molar-refractivity contribution < 1.29 is 19.0 Å². The Balaban J connectivity index is 1.67. The molecule has 2 aromatic rings. The topological polar surface area (TPSA) is 70.0 Å². The van der Waals surface area contributed by atoms with E-state index in [9.17, 15) is 4.79 Å². The number of carbonyl (C=O) groups excluding carboxylic acids is 1. The van der Waals surface area contributed by atoms with E-state index in [2.05, 4.69) is 9.98 Å². The van der Waals surface area contributed by atoms with Gasteiger partial charge in [-0.1, -0.05) is 0 Å². The molecule has 0 aliphatic carbocycles. The van der Waals surface area contributed by atoms with Crippen molar-refractivity contribution in [2.45, 2.75) is 6.92 Å². The number of benzene rings is 1. The third-order valence-corrected chi connectivity index (χ3v) is 3.95. The summed E-state index contributed by atoms with van der Waals surface area (Å²) in [7, 11) is 0. The minimum atomic E-state index is -0.488. The maximum atomic E-state index is 11.9. The van der Waals surface area contributed by atoms with Crippen molar-refractivity contribution in [2.75, 3.05) is 6.79 Å². The zero-order valence-electron chi connectivity index (χ0n) is 11.5. The van der Waals surface area contributed by atoms with Crippen LogP contribution in [-0.2, 0) is 9.53 Å². The summed E-state index contributed by atoms with van der Waals surface area (Å²) in [6.07, 6.45) is 1.62. The number of carbonyl (C=O) groups is 1. The summed E-state index contributed by atoms with van der Waals surface area (Å²) in [5, 5.41) is 2.79. The van der Waals surface area contributed by atoms with Crippen LogP contribution in [-0.4, -0.2) is 23.6 Å². The third kappa shape index (κ3) is 2.25. The van der Waals surface area contributed by atoms with Crippen LogP contribution in [0.5, 0.6) is 11.5 Å². The van der Waals surface area contributed by atoms with E-state index < -0.39 is 5.97 Å². The molecule has 0 radical (unpaired) electrons. The summed E-state index contributed by atoms with van der Waals surface area (Å²) in [6, 6.07) is 5.28. The lowest BCUT2D eigenvalue weighted by Gasteiger charge is -2.01. The second-order valence-corrected chi connectivity index (χ2v) is 5.76. The van der Waals surface area contributed by atoms with Gasteiger partial charge >= 0.3 is 5.97 Å². The number of hydrogen-bond donors (Lipinski definition) is 0. The zero-order chi connectivity index (χ0) is 15.1. The van der Waals surface area contributed by atoms with Gasteiger partial charge in [0.2, 0.25) is 12.7 Å². The van der Waals surface area contributed by atoms with Gasteiger partial charge in [0, 0.05) is 10.9 Å². The van der Waals surface area contributed by atoms with E-state index in [0.29, 0.717) is 22.8 Å². The molecule has 3 heterocycles. The van der Waals surface area contributed by atoms with Gasteiger partial charge in [-0.15, -0.1) is 11.3 Å². The molecular formula is C15H10N2O4S. The molecular weight excluding hydrogens is 304 g/mol. The van der Waals surface area contributed by atoms with Crippen molar-refractivity contribution in [1.82, 2.24) is 4.98 Å². The minimum absolute atomic E-state index is 0.194. The fourth-order valence-electron chi connectivity index (χ4n) is 2.15. The molecule has 0 saturated heterocycles. The lowest BCUT2D eigenvalue weighted by Crippen LogP contribution is -2.05. The van der Waals surface area contributed by atoms with Gasteiger partial charge in [0.15, 0.2) is 17.2 Å². The van der Waals surface area contributed by atoms with Crippen LogP contribution in [0.4, 0.5) is 0 Å². The molecule has 6 nitrogen and oxygen atoms in total. The lowest BCUT2D eigenvalue weighted by molar-refractivity contribution is -0.129. The second-order valence-electron chi connectivity index (χ2n) is 4.70. The van der Waals surface area contributed by atoms with Gasteiger partial charge in [-0.2, -0.15) is 0 Å². The van der Waals surface area contributed by atoms with E-state index in [0.717, 1.165) is 5.01 Å². The van der Waals surface area contributed by atoms with Crippen LogP contribution in [0.3, 0.4) is 0 Å². The molecule has 0 unspecified atom stereocenters. The maximum Gasteiger partial charge on any atom is 0.363 e. The average Bonchev–Trinajstić information content (AvgIpc) is 3.20. The van der Waals surface area contributed by atoms with Crippen LogP contribution < -0.4 is 9.47 Å². The Labute approximate surface area is 129 Å². The normalized spacial score (nSPS) is 17.8. The number of nitrogens with zero attached hydrogens (tertiary/aromatic N) is 2. The van der Waals surface area contributed by atoms with Crippen molar-refractivity contribution in [1.29, 1.82) is 0 Å². The third-order valence-electron chi connectivity index (χ3n) is 3.16. The molecule has 2 aliphatic heterocycles. The average molecular weight is 314 g/mol. The Morgan fingerprint density at radius 3 is 2.95 bits per heavy atom. The zero-order valence-corrected chi connectivity index (χ0v) is 12.3. The molecule has 0 N–H and O–H groups in total. The number of aliphatic imine (C=N–C) groups is 1. The van der Waals surface area contributed by atoms with E-state index >= 15 is 0 Å². The first-order valence-corrected chi connectivity index (χ1v) is 7.42. The van der Waals surface area contributed by atoms with E-state index in [1.807, 2.05) is 12.3 Å². The Kier molecular flexibility index (Phi) is 2.93. The molecule has 0 saturated carbocycles. The molecule has 110 valence electrons. The van der Waals surface area contributed by atoms with Crippen molar-refractivity contribution in [2.24, 2.45) is 4.99 Å². The van der Waals surface area contributed by atoms with Gasteiger partial charge < -0.3 is 14.2 Å². The summed E-state index contributed by atoms with van der Waals surface area (Å²) >= 11 is 1.51. The molecule has 0 atom stereocenters. The number of thiazole rings is 1. The van der Waals surface area contributed by atoms with Crippen molar-refractivity contribution in [3.63, 3.8) is 0 Å². The van der Waals surface area contributed by atoms with E-state index in [4.69, 9.17) is 14.2 Å². The number of fused-ring (bicyclic) bond motifs is 1. The van der Waals surface area contributed by atoms with Gasteiger partial charge in [0.05, 0.1) is 10.7 Å². The summed E-state index contributed by atoms with van der Waals surface area (Å²) in [5.41, 5.74) is 1.60. The maximum absolute atomic E-state index is 11.9. The highest BCUT2D eigenvalue weighted by atomic mass is 32.1. The summed E-state index contributed by atoms with van der Waals surface area (Å²) < 4.78 is 15.8. The summed E-state index contributed by atoms with van der Waals surface area (Å²) in [6.45, 7) is 2.10. The SMILES string of the molecule is Cc1nc(/C=C2\N=C(c3ccc4c(c3)OCO4)OC2=O)cs1. The Morgan fingerprint density at radius 2 is 2.14 bits per heavy atom. The first kappa shape index (κ1) is 13.0. The number of esters is 1. The first-order chi connectivity index (χ1) is 10.7. The highest BCUT2D eigenvalue weighted by Crippen LogP contribution is 2.33. The Morgan fingerprint density at radius 1 is 1.27 bits per heavy atom. The second kappa shape index (κ2) is 4.96. The fraction of sp³-hybridized carbons (Fsp3) is 0.133. The molecule has 0 fully saturated rings. The predicted octanol–water partition coefficient (Wildman–Crippen LogP) is 2.52. The first-order valence-electron chi connectivity index (χ1n) is 6.54. The van der Waals surface area contributed by atoms with Gasteiger partial charge in [0.25, 0.3) is 0 Å². The van der Waals surface area contributed by atoms with E-state index in [1.165, 1.54) is 11.3 Å². The highest BCUT2D eigenvalue weighted by Gasteiger charge is 2.26. The molecule has 0 bridgehead atoms. The summed E-state index contributed by atoms with van der Waals surface area (Å²) in [5.74, 6) is 1.05. The quantitative estimate of drug-likeness (QED) is 0.629. The smallest absolute Gasteiger partial charge is 0.363 e. The number of rotatable bonds is 2. The number of ether oxygens (including phenoxy) is 3. The minimum Gasteiger partial charge on any atom is -0.454 e. The van der Waals surface area contributed by atoms with Crippen LogP contribution in [0.15, 0.2) is 34.3 Å². The fourth-order valence-corrected chi connectivity index (χ4v) is 2.72. The van der Waals surface area contributed by atoms with Crippen LogP contribution in [0.25, 0.3) is 6.08 Å². The van der Waals surface area contributed by atoms with Gasteiger partial charge in [-0.05, 0) is 31.2 Å². The van der Waals surface area contributed by atoms with Crippen LogP contribution >= 0.6 is 11.3 Å². The molecule has 22 heavy (non-hydrogen) atoms. The Hall–Kier alpha value is -2.67. The largest absolute Gasteiger partial charge is 0.454 e. The van der Waals surface area contributed by atoms with Crippen molar-refractivity contribution in [3.8, 4) is 11.5 Å². The lowest BCUT2D eigenvalue weighted by atomic mass is 10.2. The number of aromatic nitrogens is 1. The predicted molar refractivity (Wildman–Crippen MR) is 80.0 cm³/mol. The number of hydrogen-bond acceptors (Lipinski definition) is 7.